The van der Waals surface area contributed by atoms with Gasteiger partial charge in [-0.25, -0.2) is 0 Å². The van der Waals surface area contributed by atoms with Crippen molar-refractivity contribution in [3.8, 4) is 5.75 Å². The van der Waals surface area contributed by atoms with Crippen LogP contribution in [0.5, 0.6) is 5.75 Å². The van der Waals surface area contributed by atoms with Gasteiger partial charge in [-0.3, -0.25) is 15.0 Å². The third kappa shape index (κ3) is 3.98. The third-order valence-corrected chi connectivity index (χ3v) is 5.45. The number of carboxylic acid groups (broad SMARTS) is 1. The monoisotopic (exact) mass is 338 g/mol. The molecule has 2 heterocycles. The van der Waals surface area contributed by atoms with Crippen LogP contribution in [0.4, 0.5) is 0 Å². The van der Waals surface area contributed by atoms with E-state index in [0.29, 0.717) is 5.75 Å². The summed E-state index contributed by atoms with van der Waals surface area (Å²) in [5.74, 6) is 0.672. The highest BCUT2D eigenvalue weighted by molar-refractivity contribution is 7.99. The normalized spacial score (nSPS) is 25.4. The third-order valence-electron chi connectivity index (χ3n) is 4.19. The number of methoxy groups -OCH3 is 1. The molecule has 1 aromatic carbocycles. The summed E-state index contributed by atoms with van der Waals surface area (Å²) < 4.78 is 10.9. The lowest BCUT2D eigenvalue weighted by Gasteiger charge is -2.27. The first-order valence-corrected chi connectivity index (χ1v) is 8.79. The van der Waals surface area contributed by atoms with Gasteiger partial charge in [-0.05, 0) is 17.7 Å². The largest absolute Gasteiger partial charge is 0.496 e. The number of hydrogen-bond donors (Lipinski definition) is 2. The van der Waals surface area contributed by atoms with Crippen molar-refractivity contribution in [2.75, 3.05) is 39.2 Å². The summed E-state index contributed by atoms with van der Waals surface area (Å²) in [5, 5.41) is 12.3. The maximum atomic E-state index is 11.1. The Morgan fingerprint density at radius 1 is 1.48 bits per heavy atom. The van der Waals surface area contributed by atoms with Gasteiger partial charge in [0.25, 0.3) is 0 Å². The average molecular weight is 338 g/mol. The molecule has 0 aliphatic carbocycles. The molecule has 2 aliphatic rings. The first-order valence-electron chi connectivity index (χ1n) is 7.75. The summed E-state index contributed by atoms with van der Waals surface area (Å²) in [4.78, 5) is 13.4. The van der Waals surface area contributed by atoms with Gasteiger partial charge < -0.3 is 14.6 Å². The topological polar surface area (TPSA) is 71.0 Å². The number of nitrogens with zero attached hydrogens (tertiary/aromatic N) is 1. The molecule has 0 unspecified atom stereocenters. The van der Waals surface area contributed by atoms with E-state index < -0.39 is 12.0 Å². The summed E-state index contributed by atoms with van der Waals surface area (Å²) >= 11 is 1.63. The van der Waals surface area contributed by atoms with Crippen LogP contribution >= 0.6 is 11.8 Å². The Labute approximate surface area is 140 Å². The molecular formula is C16H22N2O4S. The second-order valence-electron chi connectivity index (χ2n) is 5.73. The number of thioether (sulfide) groups is 1. The Balaban J connectivity index is 1.74. The van der Waals surface area contributed by atoms with Crippen LogP contribution in [0.15, 0.2) is 18.2 Å². The Morgan fingerprint density at radius 2 is 2.26 bits per heavy atom. The van der Waals surface area contributed by atoms with Crippen LogP contribution in [0.3, 0.4) is 0 Å². The maximum absolute atomic E-state index is 11.1. The van der Waals surface area contributed by atoms with E-state index in [9.17, 15) is 4.79 Å². The fourth-order valence-electron chi connectivity index (χ4n) is 2.89. The van der Waals surface area contributed by atoms with Crippen molar-refractivity contribution < 1.29 is 19.4 Å². The Morgan fingerprint density at radius 3 is 2.91 bits per heavy atom. The van der Waals surface area contributed by atoms with Crippen molar-refractivity contribution in [1.29, 1.82) is 0 Å². The zero-order valence-corrected chi connectivity index (χ0v) is 14.0. The minimum absolute atomic E-state index is 0.0189. The van der Waals surface area contributed by atoms with E-state index in [1.165, 1.54) is 0 Å². The van der Waals surface area contributed by atoms with Crippen molar-refractivity contribution in [3.63, 3.8) is 0 Å². The molecule has 126 valence electrons. The Hall–Kier alpha value is -1.28. The van der Waals surface area contributed by atoms with Gasteiger partial charge in [0.2, 0.25) is 0 Å². The Kier molecular flexibility index (Phi) is 5.42. The molecule has 0 spiro atoms. The van der Waals surface area contributed by atoms with E-state index in [0.717, 1.165) is 49.7 Å². The number of nitrogens with one attached hydrogen (secondary N) is 1. The van der Waals surface area contributed by atoms with Crippen LogP contribution in [-0.4, -0.2) is 61.2 Å². The zero-order valence-electron chi connectivity index (χ0n) is 13.2. The van der Waals surface area contributed by atoms with Gasteiger partial charge in [0.05, 0.1) is 25.7 Å². The predicted molar refractivity (Wildman–Crippen MR) is 88.8 cm³/mol. The number of benzene rings is 1. The van der Waals surface area contributed by atoms with Crippen LogP contribution in [0, 0.1) is 0 Å². The van der Waals surface area contributed by atoms with E-state index in [-0.39, 0.29) is 5.37 Å². The molecule has 2 atom stereocenters. The summed E-state index contributed by atoms with van der Waals surface area (Å²) in [6.07, 6.45) is 0. The second kappa shape index (κ2) is 7.53. The van der Waals surface area contributed by atoms with Gasteiger partial charge >= 0.3 is 5.97 Å². The highest BCUT2D eigenvalue weighted by atomic mass is 32.2. The lowest BCUT2D eigenvalue weighted by atomic mass is 10.1. The molecule has 1 aromatic rings. The van der Waals surface area contributed by atoms with Gasteiger partial charge in [0, 0.05) is 31.0 Å². The Bertz CT molecular complexity index is 563. The molecule has 0 aromatic heterocycles. The lowest BCUT2D eigenvalue weighted by molar-refractivity contribution is -0.138. The van der Waals surface area contributed by atoms with E-state index >= 15 is 0 Å². The molecule has 2 fully saturated rings. The van der Waals surface area contributed by atoms with Crippen molar-refractivity contribution in [2.45, 2.75) is 18.0 Å². The average Bonchev–Trinajstić information content (AvgIpc) is 3.06. The summed E-state index contributed by atoms with van der Waals surface area (Å²) in [6.45, 7) is 4.20. The summed E-state index contributed by atoms with van der Waals surface area (Å²) in [7, 11) is 1.68. The van der Waals surface area contributed by atoms with Crippen LogP contribution in [0.1, 0.15) is 16.5 Å². The molecule has 0 amide bonds. The molecule has 0 bridgehead atoms. The van der Waals surface area contributed by atoms with Crippen molar-refractivity contribution in [3.05, 3.63) is 29.3 Å². The molecule has 2 N–H and O–H groups in total. The predicted octanol–water partition coefficient (Wildman–Crippen LogP) is 1.32. The first-order chi connectivity index (χ1) is 11.2. The highest BCUT2D eigenvalue weighted by Crippen LogP contribution is 2.35. The van der Waals surface area contributed by atoms with Gasteiger partial charge in [0.1, 0.15) is 11.8 Å². The zero-order chi connectivity index (χ0) is 16.2. The van der Waals surface area contributed by atoms with Crippen LogP contribution in [-0.2, 0) is 16.1 Å². The quantitative estimate of drug-likeness (QED) is 0.839. The van der Waals surface area contributed by atoms with Gasteiger partial charge in [0.15, 0.2) is 0 Å². The molecule has 23 heavy (non-hydrogen) atoms. The fourth-order valence-corrected chi connectivity index (χ4v) is 4.12. The molecule has 7 heteroatoms. The molecule has 6 nitrogen and oxygen atoms in total. The van der Waals surface area contributed by atoms with E-state index in [4.69, 9.17) is 14.6 Å². The van der Waals surface area contributed by atoms with E-state index in [1.807, 2.05) is 12.1 Å². The number of carbonyl (C=O) groups is 1. The number of carboxylic acids is 1. The SMILES string of the molecule is COc1ccc([C@H]2N[C@@H](C(=O)O)CS2)cc1CN1CCOCC1. The maximum Gasteiger partial charge on any atom is 0.321 e. The molecule has 2 aliphatic heterocycles. The number of ether oxygens (including phenoxy) is 2. The summed E-state index contributed by atoms with van der Waals surface area (Å²) in [5.41, 5.74) is 2.23. The molecule has 2 saturated heterocycles. The molecule has 3 rings (SSSR count). The van der Waals surface area contributed by atoms with Crippen LogP contribution in [0.25, 0.3) is 0 Å². The molecule has 0 saturated carbocycles. The number of rotatable bonds is 5. The van der Waals surface area contributed by atoms with Crippen LogP contribution < -0.4 is 10.1 Å². The van der Waals surface area contributed by atoms with Crippen molar-refractivity contribution in [2.24, 2.45) is 0 Å². The summed E-state index contributed by atoms with van der Waals surface area (Å²) in [6, 6.07) is 5.64. The first kappa shape index (κ1) is 16.6. The second-order valence-corrected chi connectivity index (χ2v) is 6.87. The standard InChI is InChI=1S/C16H22N2O4S/c1-21-14-3-2-11(15-17-13(10-23-15)16(19)20)8-12(14)9-18-4-6-22-7-5-18/h2-3,8,13,15,17H,4-7,9-10H2,1H3,(H,19,20)/t13-,15+/m1/s1. The van der Waals surface area contributed by atoms with Crippen molar-refractivity contribution >= 4 is 17.7 Å². The van der Waals surface area contributed by atoms with Gasteiger partial charge in [-0.15, -0.1) is 11.8 Å². The van der Waals surface area contributed by atoms with Gasteiger partial charge in [-0.1, -0.05) is 6.07 Å². The number of aliphatic carboxylic acids is 1. The lowest BCUT2D eigenvalue weighted by Crippen LogP contribution is -2.36. The minimum Gasteiger partial charge on any atom is -0.496 e. The van der Waals surface area contributed by atoms with Crippen LogP contribution in [0.2, 0.25) is 0 Å². The highest BCUT2D eigenvalue weighted by Gasteiger charge is 2.30. The van der Waals surface area contributed by atoms with E-state index in [2.05, 4.69) is 16.3 Å². The molecule has 0 radical (unpaired) electrons. The van der Waals surface area contributed by atoms with E-state index in [1.54, 1.807) is 18.9 Å². The molecular weight excluding hydrogens is 316 g/mol. The minimum atomic E-state index is -0.790. The number of hydrogen-bond acceptors (Lipinski definition) is 6. The smallest absolute Gasteiger partial charge is 0.321 e. The number of morpholine rings is 1. The van der Waals surface area contributed by atoms with Gasteiger partial charge in [-0.2, -0.15) is 0 Å². The fraction of sp³-hybridized carbons (Fsp3) is 0.562. The van der Waals surface area contributed by atoms with Crippen molar-refractivity contribution in [1.82, 2.24) is 10.2 Å².